The molecule has 6 heteroatoms. The first kappa shape index (κ1) is 10.7. The van der Waals surface area contributed by atoms with Crippen LogP contribution in [-0.4, -0.2) is 12.2 Å². The van der Waals surface area contributed by atoms with Crippen LogP contribution in [0.2, 0.25) is 0 Å². The Morgan fingerprint density at radius 2 is 2.36 bits per heavy atom. The summed E-state index contributed by atoms with van der Waals surface area (Å²) in [6, 6.07) is 3.12. The van der Waals surface area contributed by atoms with Crippen LogP contribution >= 0.6 is 15.9 Å². The van der Waals surface area contributed by atoms with Crippen molar-refractivity contribution in [3.63, 3.8) is 0 Å². The molecular formula is C8H8BrN3O2. The van der Waals surface area contributed by atoms with Gasteiger partial charge in [0.1, 0.15) is 0 Å². The summed E-state index contributed by atoms with van der Waals surface area (Å²) in [5.74, 6) is 0.403. The summed E-state index contributed by atoms with van der Waals surface area (Å²) >= 11 is 3.28. The highest BCUT2D eigenvalue weighted by molar-refractivity contribution is 9.10. The predicted molar refractivity (Wildman–Crippen MR) is 55.2 cm³/mol. The standard InChI is InChI=1S/C8H8BrN3O2/c1-14-8-3-6(9)5(2-7(8)13)4-11-12-10/h2-3,13H,4H2,1H3. The van der Waals surface area contributed by atoms with E-state index < -0.39 is 0 Å². The summed E-state index contributed by atoms with van der Waals surface area (Å²) in [4.78, 5) is 2.64. The number of hydrogen-bond acceptors (Lipinski definition) is 3. The van der Waals surface area contributed by atoms with Gasteiger partial charge in [0.2, 0.25) is 0 Å². The van der Waals surface area contributed by atoms with E-state index in [0.29, 0.717) is 11.3 Å². The second-order valence-electron chi connectivity index (χ2n) is 2.50. The zero-order valence-electron chi connectivity index (χ0n) is 7.44. The summed E-state index contributed by atoms with van der Waals surface area (Å²) in [5.41, 5.74) is 8.85. The molecular weight excluding hydrogens is 250 g/mol. The molecule has 0 bridgehead atoms. The zero-order chi connectivity index (χ0) is 10.6. The quantitative estimate of drug-likeness (QED) is 0.513. The van der Waals surface area contributed by atoms with Crippen LogP contribution in [0, 0.1) is 0 Å². The lowest BCUT2D eigenvalue weighted by Crippen LogP contribution is -1.88. The molecule has 0 aliphatic rings. The van der Waals surface area contributed by atoms with Crippen LogP contribution in [0.1, 0.15) is 5.56 Å². The van der Waals surface area contributed by atoms with Crippen LogP contribution in [0.15, 0.2) is 21.7 Å². The highest BCUT2D eigenvalue weighted by Gasteiger charge is 2.06. The number of aromatic hydroxyl groups is 1. The average Bonchev–Trinajstić information content (AvgIpc) is 2.18. The van der Waals surface area contributed by atoms with Crippen molar-refractivity contribution in [1.82, 2.24) is 0 Å². The second-order valence-corrected chi connectivity index (χ2v) is 3.36. The third-order valence-electron chi connectivity index (χ3n) is 1.65. The van der Waals surface area contributed by atoms with E-state index in [1.54, 1.807) is 6.07 Å². The molecule has 1 rings (SSSR count). The number of phenolic OH excluding ortho intramolecular Hbond substituents is 1. The number of rotatable bonds is 3. The third-order valence-corrected chi connectivity index (χ3v) is 2.39. The summed E-state index contributed by atoms with van der Waals surface area (Å²) in [6.07, 6.45) is 0. The van der Waals surface area contributed by atoms with E-state index in [-0.39, 0.29) is 12.3 Å². The highest BCUT2D eigenvalue weighted by atomic mass is 79.9. The van der Waals surface area contributed by atoms with Crippen LogP contribution in [0.25, 0.3) is 10.4 Å². The molecule has 0 saturated heterocycles. The Balaban J connectivity index is 3.08. The number of ether oxygens (including phenoxy) is 1. The van der Waals surface area contributed by atoms with Crippen molar-refractivity contribution in [2.24, 2.45) is 5.11 Å². The summed E-state index contributed by atoms with van der Waals surface area (Å²) in [6.45, 7) is 0.189. The molecule has 0 radical (unpaired) electrons. The molecule has 0 atom stereocenters. The number of azide groups is 1. The number of nitrogens with zero attached hydrogens (tertiary/aromatic N) is 3. The molecule has 0 spiro atoms. The second kappa shape index (κ2) is 4.74. The number of halogens is 1. The Labute approximate surface area is 89.1 Å². The lowest BCUT2D eigenvalue weighted by Gasteiger charge is -2.06. The normalized spacial score (nSPS) is 9.29. The van der Waals surface area contributed by atoms with Gasteiger partial charge < -0.3 is 9.84 Å². The average molecular weight is 258 g/mol. The molecule has 0 aromatic heterocycles. The highest BCUT2D eigenvalue weighted by Crippen LogP contribution is 2.32. The predicted octanol–water partition coefficient (Wildman–Crippen LogP) is 2.97. The van der Waals surface area contributed by atoms with Gasteiger partial charge in [-0.25, -0.2) is 0 Å². The maximum Gasteiger partial charge on any atom is 0.161 e. The lowest BCUT2D eigenvalue weighted by molar-refractivity contribution is 0.372. The molecule has 1 aromatic carbocycles. The third kappa shape index (κ3) is 2.31. The Kier molecular flexibility index (Phi) is 3.62. The summed E-state index contributed by atoms with van der Waals surface area (Å²) in [7, 11) is 1.47. The number of methoxy groups -OCH3 is 1. The topological polar surface area (TPSA) is 78.2 Å². The smallest absolute Gasteiger partial charge is 0.161 e. The van der Waals surface area contributed by atoms with Crippen LogP contribution in [0.4, 0.5) is 0 Å². The van der Waals surface area contributed by atoms with Gasteiger partial charge in [-0.15, -0.1) is 0 Å². The van der Waals surface area contributed by atoms with Crippen LogP contribution in [-0.2, 0) is 6.54 Å². The number of phenols is 1. The van der Waals surface area contributed by atoms with Gasteiger partial charge in [0.25, 0.3) is 0 Å². The minimum atomic E-state index is 0.0267. The van der Waals surface area contributed by atoms with Crippen molar-refractivity contribution in [2.45, 2.75) is 6.54 Å². The Morgan fingerprint density at radius 1 is 1.64 bits per heavy atom. The van der Waals surface area contributed by atoms with Gasteiger partial charge in [0.05, 0.1) is 13.7 Å². The van der Waals surface area contributed by atoms with Gasteiger partial charge >= 0.3 is 0 Å². The van der Waals surface area contributed by atoms with Crippen LogP contribution in [0.5, 0.6) is 11.5 Å². The van der Waals surface area contributed by atoms with Gasteiger partial charge in [0.15, 0.2) is 11.5 Å². The SMILES string of the molecule is COc1cc(Br)c(CN=[N+]=[N-])cc1O. The van der Waals surface area contributed by atoms with Gasteiger partial charge in [-0.2, -0.15) is 0 Å². The van der Waals surface area contributed by atoms with E-state index in [0.717, 1.165) is 4.47 Å². The van der Waals surface area contributed by atoms with Crippen LogP contribution in [0.3, 0.4) is 0 Å². The Morgan fingerprint density at radius 3 is 2.93 bits per heavy atom. The number of hydrogen-bond donors (Lipinski definition) is 1. The molecule has 0 saturated carbocycles. The molecule has 1 N–H and O–H groups in total. The Bertz CT molecular complexity index is 388. The van der Waals surface area contributed by atoms with Gasteiger partial charge in [-0.3, -0.25) is 0 Å². The molecule has 0 heterocycles. The van der Waals surface area contributed by atoms with Gasteiger partial charge in [-0.05, 0) is 23.2 Å². The molecule has 0 aliphatic carbocycles. The fourth-order valence-corrected chi connectivity index (χ4v) is 1.43. The fraction of sp³-hybridized carbons (Fsp3) is 0.250. The van der Waals surface area contributed by atoms with E-state index in [4.69, 9.17) is 10.3 Å². The monoisotopic (exact) mass is 257 g/mol. The van der Waals surface area contributed by atoms with Crippen molar-refractivity contribution < 1.29 is 9.84 Å². The Hall–Kier alpha value is -1.39. The van der Waals surface area contributed by atoms with Crippen molar-refractivity contribution in [3.8, 4) is 11.5 Å². The molecule has 0 amide bonds. The van der Waals surface area contributed by atoms with Crippen molar-refractivity contribution in [3.05, 3.63) is 32.6 Å². The first-order valence-electron chi connectivity index (χ1n) is 3.75. The van der Waals surface area contributed by atoms with E-state index in [1.165, 1.54) is 13.2 Å². The maximum atomic E-state index is 9.43. The van der Waals surface area contributed by atoms with E-state index in [9.17, 15) is 5.11 Å². The summed E-state index contributed by atoms with van der Waals surface area (Å²) in [5, 5.41) is 12.8. The minimum absolute atomic E-state index is 0.0267. The largest absolute Gasteiger partial charge is 0.504 e. The molecule has 1 aromatic rings. The fourth-order valence-electron chi connectivity index (χ4n) is 0.979. The zero-order valence-corrected chi connectivity index (χ0v) is 9.02. The van der Waals surface area contributed by atoms with Crippen molar-refractivity contribution in [1.29, 1.82) is 0 Å². The number of benzene rings is 1. The van der Waals surface area contributed by atoms with Crippen molar-refractivity contribution >= 4 is 15.9 Å². The summed E-state index contributed by atoms with van der Waals surface area (Å²) < 4.78 is 5.64. The first-order valence-corrected chi connectivity index (χ1v) is 4.54. The molecule has 0 aliphatic heterocycles. The van der Waals surface area contributed by atoms with E-state index in [2.05, 4.69) is 26.0 Å². The molecule has 74 valence electrons. The lowest BCUT2D eigenvalue weighted by atomic mass is 10.2. The minimum Gasteiger partial charge on any atom is -0.504 e. The van der Waals surface area contributed by atoms with Gasteiger partial charge in [-0.1, -0.05) is 21.0 Å². The van der Waals surface area contributed by atoms with Crippen LogP contribution < -0.4 is 4.74 Å². The van der Waals surface area contributed by atoms with E-state index in [1.807, 2.05) is 0 Å². The first-order chi connectivity index (χ1) is 6.69. The molecule has 0 unspecified atom stereocenters. The molecule has 5 nitrogen and oxygen atoms in total. The molecule has 0 fully saturated rings. The maximum absolute atomic E-state index is 9.43. The molecule has 14 heavy (non-hydrogen) atoms. The van der Waals surface area contributed by atoms with Gasteiger partial charge in [0, 0.05) is 9.38 Å². The van der Waals surface area contributed by atoms with Crippen molar-refractivity contribution in [2.75, 3.05) is 7.11 Å². The van der Waals surface area contributed by atoms with E-state index >= 15 is 0 Å².